The van der Waals surface area contributed by atoms with Crippen molar-refractivity contribution in [2.45, 2.75) is 78.6 Å². The Morgan fingerprint density at radius 3 is 1.03 bits per heavy atom. The van der Waals surface area contributed by atoms with Crippen LogP contribution in [-0.2, 0) is 0 Å². The van der Waals surface area contributed by atoms with Crippen LogP contribution in [0.25, 0.3) is 10.8 Å². The van der Waals surface area contributed by atoms with E-state index in [2.05, 4.69) is 113 Å². The Balaban J connectivity index is 2.91. The summed E-state index contributed by atoms with van der Waals surface area (Å²) in [7, 11) is -6.70. The molecule has 0 saturated carbocycles. The van der Waals surface area contributed by atoms with Gasteiger partial charge in [0.25, 0.3) is 0 Å². The summed E-state index contributed by atoms with van der Waals surface area (Å²) in [6.07, 6.45) is 0. The molecule has 0 spiro atoms. The molecule has 0 unspecified atom stereocenters. The van der Waals surface area contributed by atoms with E-state index in [4.69, 9.17) is 8.85 Å². The topological polar surface area (TPSA) is 42.5 Å². The van der Waals surface area contributed by atoms with Gasteiger partial charge in [-0.3, -0.25) is 0 Å². The van der Waals surface area contributed by atoms with Crippen molar-refractivity contribution in [2.24, 2.45) is 0 Å². The highest BCUT2D eigenvalue weighted by Gasteiger charge is 2.27. The van der Waals surface area contributed by atoms with E-state index in [1.807, 2.05) is 0 Å². The molecule has 2 aromatic rings. The van der Waals surface area contributed by atoms with Crippen LogP contribution >= 0.6 is 0 Å². The molecule has 0 saturated heterocycles. The van der Waals surface area contributed by atoms with Gasteiger partial charge in [-0.25, -0.2) is 0 Å². The second kappa shape index (κ2) is 8.37. The van der Waals surface area contributed by atoms with E-state index in [9.17, 15) is 0 Å². The Bertz CT molecular complexity index is 760. The monoisotopic (exact) mass is 478 g/mol. The molecule has 30 heavy (non-hydrogen) atoms. The van der Waals surface area contributed by atoms with Gasteiger partial charge >= 0.3 is 0 Å². The maximum Gasteiger partial charge on any atom is 0.242 e. The lowest BCUT2D eigenvalue weighted by molar-refractivity contribution is 0.552. The molecule has 2 N–H and O–H groups in total. The SMILES string of the molecule is C[Si](C)(C)Nc1ccc(N[Si](C)(C)C)c2c(O[Si](C)(C)C)ccc(O[Si](C)(C)C)c12. The molecule has 0 fully saturated rings. The van der Waals surface area contributed by atoms with E-state index in [-0.39, 0.29) is 0 Å². The zero-order chi connectivity index (χ0) is 23.1. The van der Waals surface area contributed by atoms with Crippen molar-refractivity contribution < 1.29 is 8.85 Å². The minimum Gasteiger partial charge on any atom is -0.544 e. The Morgan fingerprint density at radius 1 is 0.500 bits per heavy atom. The molecule has 0 amide bonds. The largest absolute Gasteiger partial charge is 0.544 e. The lowest BCUT2D eigenvalue weighted by Crippen LogP contribution is -2.34. The summed E-state index contributed by atoms with van der Waals surface area (Å²) in [6.45, 7) is 27.4. The molecule has 0 bridgehead atoms. The maximum atomic E-state index is 6.59. The van der Waals surface area contributed by atoms with Gasteiger partial charge in [0.05, 0.1) is 10.8 Å². The second-order valence-corrected chi connectivity index (χ2v) is 30.5. The van der Waals surface area contributed by atoms with Gasteiger partial charge in [-0.1, -0.05) is 39.3 Å². The Kier molecular flexibility index (Phi) is 6.98. The van der Waals surface area contributed by atoms with Gasteiger partial charge in [-0.05, 0) is 63.5 Å². The summed E-state index contributed by atoms with van der Waals surface area (Å²) in [6, 6.07) is 8.67. The van der Waals surface area contributed by atoms with Crippen molar-refractivity contribution in [1.82, 2.24) is 0 Å². The van der Waals surface area contributed by atoms with Gasteiger partial charge in [0.1, 0.15) is 28.0 Å². The summed E-state index contributed by atoms with van der Waals surface area (Å²) in [5, 5.41) is 2.30. The number of hydrogen-bond acceptors (Lipinski definition) is 4. The van der Waals surface area contributed by atoms with Crippen LogP contribution in [0.5, 0.6) is 11.5 Å². The van der Waals surface area contributed by atoms with E-state index >= 15 is 0 Å². The van der Waals surface area contributed by atoms with E-state index in [1.54, 1.807) is 0 Å². The fourth-order valence-corrected chi connectivity index (χ4v) is 6.97. The molecule has 2 aromatic carbocycles. The Morgan fingerprint density at radius 2 is 0.800 bits per heavy atom. The average molecular weight is 479 g/mol. The van der Waals surface area contributed by atoms with E-state index < -0.39 is 33.1 Å². The molecule has 0 atom stereocenters. The molecule has 2 rings (SSSR count). The average Bonchev–Trinajstić information content (AvgIpc) is 2.45. The summed E-state index contributed by atoms with van der Waals surface area (Å²) in [5.74, 6) is 1.93. The normalized spacial score (nSPS) is 13.3. The van der Waals surface area contributed by atoms with Gasteiger partial charge in [0, 0.05) is 11.4 Å². The van der Waals surface area contributed by atoms with Crippen LogP contribution in [0.4, 0.5) is 11.4 Å². The number of anilines is 2. The molecule has 8 heteroatoms. The quantitative estimate of drug-likeness (QED) is 0.380. The fourth-order valence-electron chi connectivity index (χ4n) is 3.28. The van der Waals surface area contributed by atoms with Crippen LogP contribution in [0.1, 0.15) is 0 Å². The minimum absolute atomic E-state index is 0.965. The number of nitrogens with one attached hydrogen (secondary N) is 2. The number of fused-ring (bicyclic) bond motifs is 1. The van der Waals surface area contributed by atoms with Crippen LogP contribution in [0, 0.1) is 0 Å². The van der Waals surface area contributed by atoms with E-state index in [0.29, 0.717) is 0 Å². The maximum absolute atomic E-state index is 6.59. The molecule has 0 radical (unpaired) electrons. The molecule has 0 heterocycles. The standard InChI is InChI=1S/C22H42N2O2Si4/c1-27(2,3)23-17-13-14-18(24-28(4,5)6)22-20(26-30(10,11)12)16-15-19(21(17)22)25-29(7,8)9/h13-16,23-24H,1-12H3. The molecule has 0 aliphatic carbocycles. The summed E-state index contributed by atoms with van der Waals surface area (Å²) >= 11 is 0. The van der Waals surface area contributed by atoms with Crippen LogP contribution in [-0.4, -0.2) is 33.1 Å². The van der Waals surface area contributed by atoms with Crippen LogP contribution < -0.4 is 18.8 Å². The van der Waals surface area contributed by atoms with Gasteiger partial charge in [0.2, 0.25) is 16.6 Å². The van der Waals surface area contributed by atoms with E-state index in [1.165, 1.54) is 0 Å². The molecular weight excluding hydrogens is 437 g/mol. The molecule has 168 valence electrons. The highest BCUT2D eigenvalue weighted by molar-refractivity contribution is 6.80. The first-order valence-electron chi connectivity index (χ1n) is 10.9. The first-order chi connectivity index (χ1) is 13.3. The number of benzene rings is 2. The van der Waals surface area contributed by atoms with Crippen LogP contribution in [0.3, 0.4) is 0 Å². The van der Waals surface area contributed by atoms with Gasteiger partial charge in [-0.2, -0.15) is 0 Å². The zero-order valence-electron chi connectivity index (χ0n) is 21.1. The highest BCUT2D eigenvalue weighted by atomic mass is 28.4. The first kappa shape index (κ1) is 25.0. The predicted octanol–water partition coefficient (Wildman–Crippen LogP) is 7.76. The minimum atomic E-state index is -1.79. The van der Waals surface area contributed by atoms with Crippen LogP contribution in [0.15, 0.2) is 24.3 Å². The van der Waals surface area contributed by atoms with Crippen molar-refractivity contribution in [1.29, 1.82) is 0 Å². The van der Waals surface area contributed by atoms with Crippen molar-refractivity contribution in [2.75, 3.05) is 9.96 Å². The van der Waals surface area contributed by atoms with Crippen molar-refractivity contribution >= 4 is 55.3 Å². The molecule has 0 aliphatic rings. The first-order valence-corrected chi connectivity index (χ1v) is 24.7. The van der Waals surface area contributed by atoms with Crippen LogP contribution in [0.2, 0.25) is 78.6 Å². The summed E-state index contributed by atoms with van der Waals surface area (Å²) < 4.78 is 13.2. The van der Waals surface area contributed by atoms with Gasteiger partial charge in [0.15, 0.2) is 0 Å². The van der Waals surface area contributed by atoms with Gasteiger partial charge in [-0.15, -0.1) is 0 Å². The molecule has 0 aromatic heterocycles. The van der Waals surface area contributed by atoms with Crippen molar-refractivity contribution in [3.05, 3.63) is 24.3 Å². The Labute approximate surface area is 188 Å². The molecular formula is C22H42N2O2Si4. The molecule has 0 aliphatic heterocycles. The highest BCUT2D eigenvalue weighted by Crippen LogP contribution is 2.44. The smallest absolute Gasteiger partial charge is 0.242 e. The zero-order valence-corrected chi connectivity index (χ0v) is 25.1. The van der Waals surface area contributed by atoms with Crippen molar-refractivity contribution in [3.63, 3.8) is 0 Å². The third kappa shape index (κ3) is 7.47. The number of hydrogen-bond donors (Lipinski definition) is 2. The third-order valence-corrected chi connectivity index (χ3v) is 7.64. The number of rotatable bonds is 8. The summed E-state index contributed by atoms with van der Waals surface area (Å²) in [5.41, 5.74) is 2.30. The Hall–Kier alpha value is -1.23. The third-order valence-electron chi connectivity index (χ3n) is 3.94. The fraction of sp³-hybridized carbons (Fsp3) is 0.545. The van der Waals surface area contributed by atoms with E-state index in [0.717, 1.165) is 33.6 Å². The lowest BCUT2D eigenvalue weighted by atomic mass is 10.1. The van der Waals surface area contributed by atoms with Gasteiger partial charge < -0.3 is 18.8 Å². The second-order valence-electron chi connectivity index (χ2n) is 12.2. The van der Waals surface area contributed by atoms with Crippen molar-refractivity contribution in [3.8, 4) is 11.5 Å². The molecule has 4 nitrogen and oxygen atoms in total. The summed E-state index contributed by atoms with van der Waals surface area (Å²) in [4.78, 5) is 7.69. The predicted molar refractivity (Wildman–Crippen MR) is 146 cm³/mol. The lowest BCUT2D eigenvalue weighted by Gasteiger charge is -2.30.